The molecule has 1 unspecified atom stereocenters. The lowest BCUT2D eigenvalue weighted by molar-refractivity contribution is 0.204. The van der Waals surface area contributed by atoms with Gasteiger partial charge in [-0.05, 0) is 35.9 Å². The van der Waals surface area contributed by atoms with E-state index in [9.17, 15) is 4.79 Å². The van der Waals surface area contributed by atoms with E-state index in [0.29, 0.717) is 11.5 Å². The summed E-state index contributed by atoms with van der Waals surface area (Å²) >= 11 is 3.29. The Hall–Kier alpha value is -2.35. The highest BCUT2D eigenvalue weighted by Crippen LogP contribution is 2.38. The predicted octanol–water partition coefficient (Wildman–Crippen LogP) is 3.67. The van der Waals surface area contributed by atoms with Gasteiger partial charge in [0.1, 0.15) is 5.01 Å². The lowest BCUT2D eigenvalue weighted by Gasteiger charge is -2.36. The molecule has 136 valence electrons. The van der Waals surface area contributed by atoms with Crippen molar-refractivity contribution in [2.24, 2.45) is 0 Å². The number of hydrogen-bond donors (Lipinski definition) is 0. The molecule has 4 aromatic rings. The minimum atomic E-state index is -0.108. The van der Waals surface area contributed by atoms with Gasteiger partial charge < -0.3 is 0 Å². The molecule has 0 saturated heterocycles. The summed E-state index contributed by atoms with van der Waals surface area (Å²) in [5, 5.41) is 7.26. The van der Waals surface area contributed by atoms with Crippen molar-refractivity contribution in [3.63, 3.8) is 0 Å². The third-order valence-corrected chi connectivity index (χ3v) is 6.77. The van der Waals surface area contributed by atoms with Crippen LogP contribution in [-0.4, -0.2) is 26.0 Å². The summed E-state index contributed by atoms with van der Waals surface area (Å²) < 4.78 is 1.39. The normalized spacial score (nSPS) is 17.3. The molecule has 0 spiro atoms. The highest BCUT2D eigenvalue weighted by atomic mass is 32.1. The SMILES string of the molecule is Cc1nn2c(=O)cc(CN3CCc4sccc4C3c3ccccc3)nc2s1. The Morgan fingerprint density at radius 3 is 2.93 bits per heavy atom. The van der Waals surface area contributed by atoms with Crippen LogP contribution in [0.1, 0.15) is 32.7 Å². The molecule has 3 aromatic heterocycles. The molecule has 0 saturated carbocycles. The van der Waals surface area contributed by atoms with Crippen molar-refractivity contribution in [2.75, 3.05) is 6.54 Å². The minimum Gasteiger partial charge on any atom is -0.286 e. The van der Waals surface area contributed by atoms with E-state index >= 15 is 0 Å². The first kappa shape index (κ1) is 16.8. The van der Waals surface area contributed by atoms with E-state index in [2.05, 4.69) is 45.7 Å². The Morgan fingerprint density at radius 2 is 2.07 bits per heavy atom. The van der Waals surface area contributed by atoms with Crippen molar-refractivity contribution in [1.82, 2.24) is 19.5 Å². The maximum Gasteiger partial charge on any atom is 0.275 e. The maximum absolute atomic E-state index is 12.4. The van der Waals surface area contributed by atoms with Crippen LogP contribution in [0.3, 0.4) is 0 Å². The van der Waals surface area contributed by atoms with Gasteiger partial charge in [0, 0.05) is 24.0 Å². The Bertz CT molecular complexity index is 1160. The van der Waals surface area contributed by atoms with Crippen LogP contribution in [0.5, 0.6) is 0 Å². The van der Waals surface area contributed by atoms with Crippen LogP contribution in [0.2, 0.25) is 0 Å². The summed E-state index contributed by atoms with van der Waals surface area (Å²) in [4.78, 5) is 21.7. The van der Waals surface area contributed by atoms with Gasteiger partial charge in [-0.15, -0.1) is 11.3 Å². The van der Waals surface area contributed by atoms with Crippen LogP contribution < -0.4 is 5.56 Å². The fourth-order valence-electron chi connectivity index (χ4n) is 3.81. The zero-order chi connectivity index (χ0) is 18.4. The van der Waals surface area contributed by atoms with Crippen LogP contribution in [0, 0.1) is 6.92 Å². The molecule has 1 aliphatic rings. The van der Waals surface area contributed by atoms with Crippen LogP contribution in [0.4, 0.5) is 0 Å². The molecule has 1 aliphatic heterocycles. The Morgan fingerprint density at radius 1 is 1.22 bits per heavy atom. The van der Waals surface area contributed by atoms with E-state index in [4.69, 9.17) is 4.98 Å². The van der Waals surface area contributed by atoms with Gasteiger partial charge in [0.15, 0.2) is 0 Å². The van der Waals surface area contributed by atoms with Gasteiger partial charge in [0.25, 0.3) is 5.56 Å². The van der Waals surface area contributed by atoms with E-state index in [1.165, 1.54) is 31.9 Å². The molecule has 1 aromatic carbocycles. The highest BCUT2D eigenvalue weighted by molar-refractivity contribution is 7.16. The van der Waals surface area contributed by atoms with E-state index in [1.54, 1.807) is 6.07 Å². The first-order chi connectivity index (χ1) is 13.2. The number of benzene rings is 1. The zero-order valence-electron chi connectivity index (χ0n) is 14.8. The molecule has 7 heteroatoms. The molecule has 0 N–H and O–H groups in total. The lowest BCUT2D eigenvalue weighted by atomic mass is 9.93. The molecule has 27 heavy (non-hydrogen) atoms. The summed E-state index contributed by atoms with van der Waals surface area (Å²) in [5.74, 6) is 0. The second-order valence-electron chi connectivity index (χ2n) is 6.73. The second-order valence-corrected chi connectivity index (χ2v) is 8.89. The quantitative estimate of drug-likeness (QED) is 0.532. The predicted molar refractivity (Wildman–Crippen MR) is 109 cm³/mol. The van der Waals surface area contributed by atoms with Crippen molar-refractivity contribution in [1.29, 1.82) is 0 Å². The van der Waals surface area contributed by atoms with Crippen LogP contribution >= 0.6 is 22.7 Å². The van der Waals surface area contributed by atoms with Gasteiger partial charge in [0.05, 0.1) is 11.7 Å². The van der Waals surface area contributed by atoms with E-state index in [1.807, 2.05) is 24.3 Å². The van der Waals surface area contributed by atoms with E-state index in [-0.39, 0.29) is 11.6 Å². The average molecular weight is 395 g/mol. The number of nitrogens with zero attached hydrogens (tertiary/aromatic N) is 4. The Labute approximate surface area is 164 Å². The van der Waals surface area contributed by atoms with Gasteiger partial charge in [-0.3, -0.25) is 9.69 Å². The van der Waals surface area contributed by atoms with Gasteiger partial charge in [-0.2, -0.15) is 9.61 Å². The topological polar surface area (TPSA) is 50.5 Å². The fourth-order valence-corrected chi connectivity index (χ4v) is 5.48. The summed E-state index contributed by atoms with van der Waals surface area (Å²) in [5.41, 5.74) is 3.36. The number of hydrogen-bond acceptors (Lipinski definition) is 6. The molecular formula is C20H18N4OS2. The van der Waals surface area contributed by atoms with E-state index < -0.39 is 0 Å². The summed E-state index contributed by atoms with van der Waals surface area (Å²) in [6.45, 7) is 3.50. The molecule has 0 fully saturated rings. The third kappa shape index (κ3) is 3.01. The fraction of sp³-hybridized carbons (Fsp3) is 0.250. The number of thiophene rings is 1. The Kier molecular flexibility index (Phi) is 4.15. The van der Waals surface area contributed by atoms with Crippen molar-refractivity contribution in [3.05, 3.63) is 84.9 Å². The van der Waals surface area contributed by atoms with Crippen molar-refractivity contribution in [3.8, 4) is 0 Å². The van der Waals surface area contributed by atoms with Crippen LogP contribution in [0.15, 0.2) is 52.6 Å². The molecule has 0 bridgehead atoms. The smallest absolute Gasteiger partial charge is 0.275 e. The van der Waals surface area contributed by atoms with Gasteiger partial charge in [-0.25, -0.2) is 4.98 Å². The molecule has 5 rings (SSSR count). The molecule has 0 radical (unpaired) electrons. The monoisotopic (exact) mass is 394 g/mol. The van der Waals surface area contributed by atoms with Crippen molar-refractivity contribution < 1.29 is 0 Å². The van der Waals surface area contributed by atoms with Crippen molar-refractivity contribution in [2.45, 2.75) is 25.9 Å². The number of aromatic nitrogens is 3. The third-order valence-electron chi connectivity index (χ3n) is 4.95. The number of aryl methyl sites for hydroxylation is 1. The van der Waals surface area contributed by atoms with Gasteiger partial charge >= 0.3 is 0 Å². The molecule has 0 aliphatic carbocycles. The van der Waals surface area contributed by atoms with Crippen LogP contribution in [0.25, 0.3) is 4.96 Å². The molecule has 0 amide bonds. The molecule has 1 atom stereocenters. The second kappa shape index (κ2) is 6.67. The van der Waals surface area contributed by atoms with Crippen molar-refractivity contribution >= 4 is 27.6 Å². The standard InChI is InChI=1S/C20H18N4OS2/c1-13-22-24-18(25)11-15(21-20(24)27-13)12-23-9-7-17-16(8-10-26-17)19(23)14-5-3-2-4-6-14/h2-6,8,10-11,19H,7,9,12H2,1H3. The molecular weight excluding hydrogens is 376 g/mol. The Balaban J connectivity index is 1.55. The first-order valence-electron chi connectivity index (χ1n) is 8.91. The van der Waals surface area contributed by atoms with Gasteiger partial charge in [0.2, 0.25) is 4.96 Å². The number of fused-ring (bicyclic) bond motifs is 2. The molecule has 4 heterocycles. The lowest BCUT2D eigenvalue weighted by Crippen LogP contribution is -2.35. The average Bonchev–Trinajstić information content (AvgIpc) is 3.28. The first-order valence-corrected chi connectivity index (χ1v) is 10.6. The summed E-state index contributed by atoms with van der Waals surface area (Å²) in [6.07, 6.45) is 1.04. The maximum atomic E-state index is 12.4. The van der Waals surface area contributed by atoms with Crippen LogP contribution in [-0.2, 0) is 13.0 Å². The largest absolute Gasteiger partial charge is 0.286 e. The zero-order valence-corrected chi connectivity index (χ0v) is 16.5. The summed E-state index contributed by atoms with van der Waals surface area (Å²) in [6, 6.07) is 14.7. The minimum absolute atomic E-state index is 0.108. The molecule has 5 nitrogen and oxygen atoms in total. The van der Waals surface area contributed by atoms with E-state index in [0.717, 1.165) is 23.7 Å². The van der Waals surface area contributed by atoms with Gasteiger partial charge in [-0.1, -0.05) is 41.7 Å². The number of rotatable bonds is 3. The highest BCUT2D eigenvalue weighted by Gasteiger charge is 2.30. The summed E-state index contributed by atoms with van der Waals surface area (Å²) in [7, 11) is 0.